The maximum Gasteiger partial charge on any atom is 0.0640 e. The molecule has 1 N–H and O–H groups in total. The van der Waals surface area contributed by atoms with Gasteiger partial charge in [-0.2, -0.15) is 0 Å². The van der Waals surface area contributed by atoms with Crippen molar-refractivity contribution in [1.82, 2.24) is 5.32 Å². The summed E-state index contributed by atoms with van der Waals surface area (Å²) >= 11 is 8.66. The second kappa shape index (κ2) is 6.44. The summed E-state index contributed by atoms with van der Waals surface area (Å²) in [4.78, 5) is 2.41. The number of benzene rings is 1. The third kappa shape index (κ3) is 3.75. The molecule has 1 aromatic carbocycles. The quantitative estimate of drug-likeness (QED) is 0.802. The maximum atomic E-state index is 6.32. The van der Waals surface area contributed by atoms with Gasteiger partial charge in [0.2, 0.25) is 0 Å². The van der Waals surface area contributed by atoms with Crippen molar-refractivity contribution >= 4 is 39.9 Å². The molecule has 0 aromatic heterocycles. The summed E-state index contributed by atoms with van der Waals surface area (Å²) in [7, 11) is 0. The summed E-state index contributed by atoms with van der Waals surface area (Å²) in [5.41, 5.74) is 1.18. The lowest BCUT2D eigenvalue weighted by Gasteiger charge is -2.36. The Morgan fingerprint density at radius 1 is 1.44 bits per heavy atom. The fourth-order valence-electron chi connectivity index (χ4n) is 2.53. The van der Waals surface area contributed by atoms with Gasteiger partial charge in [0.15, 0.2) is 0 Å². The molecule has 1 unspecified atom stereocenters. The highest BCUT2D eigenvalue weighted by molar-refractivity contribution is 14.1. The van der Waals surface area contributed by atoms with Gasteiger partial charge in [0.1, 0.15) is 0 Å². The molecule has 1 heterocycles. The Bertz CT molecular complexity index is 409. The Kier molecular flexibility index (Phi) is 5.15. The molecule has 4 heteroatoms. The molecule has 0 radical (unpaired) electrons. The number of anilines is 1. The number of halogens is 2. The molecule has 1 atom stereocenters. The first-order valence-corrected chi connectivity index (χ1v) is 7.98. The van der Waals surface area contributed by atoms with Gasteiger partial charge in [-0.15, -0.1) is 0 Å². The molecule has 1 aliphatic rings. The third-order valence-electron chi connectivity index (χ3n) is 3.24. The fraction of sp³-hybridized carbons (Fsp3) is 0.571. The van der Waals surface area contributed by atoms with E-state index in [0.29, 0.717) is 12.1 Å². The Balaban J connectivity index is 2.10. The van der Waals surface area contributed by atoms with Crippen LogP contribution in [0.25, 0.3) is 0 Å². The van der Waals surface area contributed by atoms with Crippen LogP contribution in [-0.2, 0) is 0 Å². The minimum Gasteiger partial charge on any atom is -0.369 e. The number of rotatable bonds is 3. The van der Waals surface area contributed by atoms with Gasteiger partial charge in [-0.1, -0.05) is 25.4 Å². The molecule has 1 aromatic rings. The molecule has 100 valence electrons. The molecule has 18 heavy (non-hydrogen) atoms. The van der Waals surface area contributed by atoms with Gasteiger partial charge in [0.05, 0.1) is 10.7 Å². The lowest BCUT2D eigenvalue weighted by molar-refractivity contribution is 0.395. The van der Waals surface area contributed by atoms with Crippen molar-refractivity contribution in [3.63, 3.8) is 0 Å². The molecule has 0 bridgehead atoms. The van der Waals surface area contributed by atoms with Crippen LogP contribution in [0.2, 0.25) is 5.02 Å². The van der Waals surface area contributed by atoms with E-state index in [4.69, 9.17) is 11.6 Å². The molecule has 0 aliphatic carbocycles. The summed E-state index contributed by atoms with van der Waals surface area (Å²) in [5.74, 6) is 0. The standard InChI is InChI=1S/C14H20ClIN2/c1-10(2)17-12-4-3-7-18(9-12)14-8-11(16)5-6-13(14)15/h5-6,8,10,12,17H,3-4,7,9H2,1-2H3. The van der Waals surface area contributed by atoms with E-state index in [1.54, 1.807) is 0 Å². The Hall–Kier alpha value is -0.0000000000000000555. The van der Waals surface area contributed by atoms with Gasteiger partial charge in [-0.25, -0.2) is 0 Å². The highest BCUT2D eigenvalue weighted by Crippen LogP contribution is 2.29. The van der Waals surface area contributed by atoms with Crippen molar-refractivity contribution < 1.29 is 0 Å². The SMILES string of the molecule is CC(C)NC1CCCN(c2cc(I)ccc2Cl)C1. The van der Waals surface area contributed by atoms with Crippen LogP contribution >= 0.6 is 34.2 Å². The Morgan fingerprint density at radius 2 is 2.22 bits per heavy atom. The minimum absolute atomic E-state index is 0.543. The Morgan fingerprint density at radius 3 is 2.94 bits per heavy atom. The normalized spacial score (nSPS) is 20.5. The topological polar surface area (TPSA) is 15.3 Å². The predicted molar refractivity (Wildman–Crippen MR) is 87.7 cm³/mol. The van der Waals surface area contributed by atoms with Gasteiger partial charge >= 0.3 is 0 Å². The predicted octanol–water partition coefficient (Wildman–Crippen LogP) is 3.91. The van der Waals surface area contributed by atoms with E-state index in [-0.39, 0.29) is 0 Å². The zero-order chi connectivity index (χ0) is 13.1. The molecule has 0 amide bonds. The molecular weight excluding hydrogens is 359 g/mol. The number of hydrogen-bond donors (Lipinski definition) is 1. The van der Waals surface area contributed by atoms with Crippen LogP contribution in [0.1, 0.15) is 26.7 Å². The maximum absolute atomic E-state index is 6.32. The van der Waals surface area contributed by atoms with E-state index in [2.05, 4.69) is 58.8 Å². The van der Waals surface area contributed by atoms with Crippen molar-refractivity contribution in [1.29, 1.82) is 0 Å². The van der Waals surface area contributed by atoms with Crippen molar-refractivity contribution in [2.45, 2.75) is 38.8 Å². The Labute approximate surface area is 128 Å². The van der Waals surface area contributed by atoms with Crippen molar-refractivity contribution in [3.05, 3.63) is 26.8 Å². The van der Waals surface area contributed by atoms with Crippen LogP contribution in [0, 0.1) is 3.57 Å². The first-order valence-electron chi connectivity index (χ1n) is 6.52. The van der Waals surface area contributed by atoms with Gasteiger partial charge < -0.3 is 10.2 Å². The molecule has 0 saturated carbocycles. The van der Waals surface area contributed by atoms with E-state index < -0.39 is 0 Å². The fourth-order valence-corrected chi connectivity index (χ4v) is 3.24. The first-order chi connectivity index (χ1) is 8.56. The monoisotopic (exact) mass is 378 g/mol. The second-order valence-corrected chi connectivity index (χ2v) is 6.86. The van der Waals surface area contributed by atoms with Gasteiger partial charge in [0, 0.05) is 28.7 Å². The van der Waals surface area contributed by atoms with Crippen LogP contribution in [-0.4, -0.2) is 25.2 Å². The average Bonchev–Trinajstić information content (AvgIpc) is 2.32. The van der Waals surface area contributed by atoms with Crippen molar-refractivity contribution in [3.8, 4) is 0 Å². The van der Waals surface area contributed by atoms with Crippen LogP contribution in [0.15, 0.2) is 18.2 Å². The van der Waals surface area contributed by atoms with Crippen molar-refractivity contribution in [2.24, 2.45) is 0 Å². The van der Waals surface area contributed by atoms with E-state index in [1.165, 1.54) is 22.1 Å². The molecule has 2 nitrogen and oxygen atoms in total. The molecule has 1 aliphatic heterocycles. The highest BCUT2D eigenvalue weighted by atomic mass is 127. The molecule has 1 saturated heterocycles. The zero-order valence-corrected chi connectivity index (χ0v) is 13.8. The number of piperidine rings is 1. The van der Waals surface area contributed by atoms with Crippen molar-refractivity contribution in [2.75, 3.05) is 18.0 Å². The van der Waals surface area contributed by atoms with E-state index in [9.17, 15) is 0 Å². The number of nitrogens with zero attached hydrogens (tertiary/aromatic N) is 1. The summed E-state index contributed by atoms with van der Waals surface area (Å²) in [6.07, 6.45) is 2.49. The average molecular weight is 379 g/mol. The zero-order valence-electron chi connectivity index (χ0n) is 10.9. The lowest BCUT2D eigenvalue weighted by atomic mass is 10.0. The number of nitrogens with one attached hydrogen (secondary N) is 1. The molecule has 1 fully saturated rings. The van der Waals surface area contributed by atoms with E-state index >= 15 is 0 Å². The van der Waals surface area contributed by atoms with Crippen LogP contribution < -0.4 is 10.2 Å². The highest BCUT2D eigenvalue weighted by Gasteiger charge is 2.21. The lowest BCUT2D eigenvalue weighted by Crippen LogP contribution is -2.48. The summed E-state index contributed by atoms with van der Waals surface area (Å²) < 4.78 is 1.24. The van der Waals surface area contributed by atoms with Gasteiger partial charge in [-0.3, -0.25) is 0 Å². The summed E-state index contributed by atoms with van der Waals surface area (Å²) in [6.45, 7) is 6.57. The minimum atomic E-state index is 0.543. The molecule has 2 rings (SSSR count). The smallest absolute Gasteiger partial charge is 0.0640 e. The molecular formula is C14H20ClIN2. The second-order valence-electron chi connectivity index (χ2n) is 5.20. The van der Waals surface area contributed by atoms with Crippen LogP contribution in [0.5, 0.6) is 0 Å². The van der Waals surface area contributed by atoms with E-state index in [0.717, 1.165) is 18.1 Å². The summed E-state index contributed by atoms with van der Waals surface area (Å²) in [6, 6.07) is 7.35. The number of hydrogen-bond acceptors (Lipinski definition) is 2. The first kappa shape index (κ1) is 14.4. The summed E-state index contributed by atoms with van der Waals surface area (Å²) in [5, 5.41) is 4.49. The largest absolute Gasteiger partial charge is 0.369 e. The van der Waals surface area contributed by atoms with Gasteiger partial charge in [0.25, 0.3) is 0 Å². The van der Waals surface area contributed by atoms with Crippen LogP contribution in [0.4, 0.5) is 5.69 Å². The van der Waals surface area contributed by atoms with Crippen LogP contribution in [0.3, 0.4) is 0 Å². The van der Waals surface area contributed by atoms with E-state index in [1.807, 2.05) is 6.07 Å². The third-order valence-corrected chi connectivity index (χ3v) is 4.23. The van der Waals surface area contributed by atoms with Gasteiger partial charge in [-0.05, 0) is 53.6 Å². The molecule has 0 spiro atoms.